The van der Waals surface area contributed by atoms with Gasteiger partial charge in [-0.2, -0.15) is 0 Å². The van der Waals surface area contributed by atoms with E-state index in [1.807, 2.05) is 146 Å². The van der Waals surface area contributed by atoms with Crippen LogP contribution in [0.3, 0.4) is 0 Å². The average Bonchev–Trinajstić information content (AvgIpc) is 1.49. The van der Waals surface area contributed by atoms with Crippen LogP contribution >= 0.6 is 15.9 Å². The molecule has 10 nitrogen and oxygen atoms in total. The molecule has 0 atom stereocenters. The molecule has 0 saturated carbocycles. The predicted octanol–water partition coefficient (Wildman–Crippen LogP) is 24.1. The van der Waals surface area contributed by atoms with Gasteiger partial charge in [0.05, 0.1) is 27.6 Å². The average molecular weight is 1410 g/mol. The third kappa shape index (κ3) is 12.6. The van der Waals surface area contributed by atoms with Gasteiger partial charge < -0.3 is 18.7 Å². The molecule has 11 heteroatoms. The molecule has 0 amide bonds. The normalized spacial score (nSPS) is 11.3. The van der Waals surface area contributed by atoms with Crippen molar-refractivity contribution in [3.63, 3.8) is 0 Å². The maximum atomic E-state index is 4.96. The van der Waals surface area contributed by atoms with Crippen LogP contribution in [0.25, 0.3) is 173 Å². The Bertz CT molecular complexity index is 6350. The van der Waals surface area contributed by atoms with E-state index in [9.17, 15) is 0 Å². The lowest BCUT2D eigenvalue weighted by Crippen LogP contribution is -2.01. The second-order valence-corrected chi connectivity index (χ2v) is 26.6. The number of nitrogens with one attached hydrogen (secondary N) is 1. The zero-order chi connectivity index (χ0) is 70.0. The Balaban J connectivity index is 0.000000124. The van der Waals surface area contributed by atoms with E-state index < -0.39 is 0 Å². The first kappa shape index (κ1) is 63.4. The molecule has 0 fully saturated rings. The summed E-state index contributed by atoms with van der Waals surface area (Å²) in [6, 6.07) is 126. The molecule has 20 aromatic rings. The van der Waals surface area contributed by atoms with E-state index in [2.05, 4.69) is 270 Å². The third-order valence-electron chi connectivity index (χ3n) is 19.2. The first-order valence-electron chi connectivity index (χ1n) is 34.9. The molecule has 0 aliphatic carbocycles. The van der Waals surface area contributed by atoms with E-state index in [4.69, 9.17) is 24.9 Å². The van der Waals surface area contributed by atoms with Gasteiger partial charge in [-0.15, -0.1) is 0 Å². The third-order valence-corrected chi connectivity index (χ3v) is 19.7. The van der Waals surface area contributed by atoms with Crippen molar-refractivity contribution >= 4 is 81.3 Å². The number of benzene rings is 14. The van der Waals surface area contributed by atoms with Crippen molar-refractivity contribution in [2.24, 2.45) is 0 Å². The standard InChI is InChI=1S/C47H31N5.C26H18N2.C21H14BrN3/c1-4-12-32(13-5-1)33-20-25-38(26-21-33)51-31-30-34-24-29-41-40-18-10-11-19-42(40)52(44(41)43(34)51)39-27-22-37(23-28-39)47-49-45(35-14-6-2-7-15-35)48-46(50-47)36-16-8-3-9-17-36;1-2-6-18(7-3-1)19-10-13-21(14-11-19)28-17-16-20-12-15-23-22-8-4-5-9-24(22)27-25(23)26(20)28;22-18-13-11-17(12-14-18)21-24-19(15-7-3-1-4-8-15)23-20(25-21)16-9-5-2-6-10-16/h1-31H;1-17,27H;1-14H. The van der Waals surface area contributed by atoms with E-state index in [1.54, 1.807) is 0 Å². The van der Waals surface area contributed by atoms with Crippen LogP contribution in [0.5, 0.6) is 0 Å². The van der Waals surface area contributed by atoms with Crippen LogP contribution in [0.15, 0.2) is 381 Å². The summed E-state index contributed by atoms with van der Waals surface area (Å²) < 4.78 is 8.01. The van der Waals surface area contributed by atoms with Crippen LogP contribution in [0.1, 0.15) is 0 Å². The lowest BCUT2D eigenvalue weighted by Gasteiger charge is -2.13. The summed E-state index contributed by atoms with van der Waals surface area (Å²) in [5.74, 6) is 3.95. The molecule has 496 valence electrons. The van der Waals surface area contributed by atoms with E-state index in [0.29, 0.717) is 34.9 Å². The van der Waals surface area contributed by atoms with Gasteiger partial charge >= 0.3 is 0 Å². The number of aromatic nitrogens is 10. The maximum Gasteiger partial charge on any atom is 0.164 e. The molecule has 0 aliphatic rings. The summed E-state index contributed by atoms with van der Waals surface area (Å²) in [6.45, 7) is 0. The van der Waals surface area contributed by atoms with Gasteiger partial charge in [-0.1, -0.05) is 295 Å². The smallest absolute Gasteiger partial charge is 0.164 e. The van der Waals surface area contributed by atoms with Crippen LogP contribution in [-0.4, -0.2) is 48.6 Å². The van der Waals surface area contributed by atoms with Gasteiger partial charge in [-0.05, 0) is 107 Å². The van der Waals surface area contributed by atoms with Crippen molar-refractivity contribution in [2.45, 2.75) is 0 Å². The van der Waals surface area contributed by atoms with Gasteiger partial charge in [-0.25, -0.2) is 29.9 Å². The topological polar surface area (TPSA) is 108 Å². The van der Waals surface area contributed by atoms with Crippen LogP contribution in [0.4, 0.5) is 0 Å². The molecule has 1 N–H and O–H groups in total. The molecular formula is C94H63BrN10. The Morgan fingerprint density at radius 3 is 1.00 bits per heavy atom. The number of halogens is 1. The highest BCUT2D eigenvalue weighted by Crippen LogP contribution is 2.40. The molecule has 0 unspecified atom stereocenters. The Hall–Kier alpha value is -13.7. The maximum absolute atomic E-state index is 4.96. The SMILES string of the molecule is Brc1ccc(-c2nc(-c3ccccc3)nc(-c3ccccc3)n2)cc1.c1ccc(-c2ccc(-n3ccc4ccc5c6ccccc6[nH]c5c43)cc2)cc1.c1ccc(-c2ccc(-n3ccc4ccc5c6ccccc6n(-c6ccc(-c7nc(-c8ccccc8)nc(-c8ccccc8)n7)cc6)c5c43)cc2)cc1. The fraction of sp³-hybridized carbons (Fsp3) is 0. The van der Waals surface area contributed by atoms with Crippen molar-refractivity contribution in [2.75, 3.05) is 0 Å². The van der Waals surface area contributed by atoms with Crippen molar-refractivity contribution in [3.8, 4) is 108 Å². The fourth-order valence-corrected chi connectivity index (χ4v) is 14.3. The molecule has 0 aliphatic heterocycles. The van der Waals surface area contributed by atoms with Gasteiger partial charge in [0.2, 0.25) is 0 Å². The summed E-state index contributed by atoms with van der Waals surface area (Å²) in [7, 11) is 0. The second kappa shape index (κ2) is 28.0. The molecule has 14 aromatic carbocycles. The van der Waals surface area contributed by atoms with Crippen molar-refractivity contribution in [1.82, 2.24) is 48.6 Å². The summed E-state index contributed by atoms with van der Waals surface area (Å²) in [6.07, 6.45) is 4.34. The predicted molar refractivity (Wildman–Crippen MR) is 435 cm³/mol. The Morgan fingerprint density at radius 1 is 0.229 bits per heavy atom. The van der Waals surface area contributed by atoms with Gasteiger partial charge in [0.25, 0.3) is 0 Å². The van der Waals surface area contributed by atoms with Gasteiger partial charge in [-0.3, -0.25) is 0 Å². The molecule has 6 heterocycles. The molecule has 0 saturated heterocycles. The van der Waals surface area contributed by atoms with Crippen LogP contribution in [0.2, 0.25) is 0 Å². The van der Waals surface area contributed by atoms with Crippen LogP contribution in [0, 0.1) is 0 Å². The van der Waals surface area contributed by atoms with E-state index in [1.165, 1.54) is 87.8 Å². The minimum atomic E-state index is 0.636. The van der Waals surface area contributed by atoms with Crippen molar-refractivity contribution in [1.29, 1.82) is 0 Å². The summed E-state index contributed by atoms with van der Waals surface area (Å²) >= 11 is 3.47. The number of para-hydroxylation sites is 2. The number of rotatable bonds is 11. The van der Waals surface area contributed by atoms with Crippen LogP contribution < -0.4 is 0 Å². The molecule has 0 spiro atoms. The first-order valence-corrected chi connectivity index (χ1v) is 35.7. The van der Waals surface area contributed by atoms with E-state index >= 15 is 0 Å². The summed E-state index contributed by atoms with van der Waals surface area (Å²) in [5.41, 5.74) is 21.0. The zero-order valence-electron chi connectivity index (χ0n) is 56.7. The number of hydrogen-bond acceptors (Lipinski definition) is 6. The number of fused-ring (bicyclic) bond motifs is 10. The van der Waals surface area contributed by atoms with E-state index in [-0.39, 0.29) is 0 Å². The minimum Gasteiger partial charge on any atom is -0.353 e. The first-order chi connectivity index (χ1) is 52.0. The van der Waals surface area contributed by atoms with E-state index in [0.717, 1.165) is 54.7 Å². The Labute approximate surface area is 614 Å². The van der Waals surface area contributed by atoms with Crippen molar-refractivity contribution < 1.29 is 0 Å². The Kier molecular flexibility index (Phi) is 16.9. The van der Waals surface area contributed by atoms with Gasteiger partial charge in [0, 0.05) is 105 Å². The Morgan fingerprint density at radius 2 is 0.552 bits per heavy atom. The lowest BCUT2D eigenvalue weighted by molar-refractivity contribution is 1.07. The fourth-order valence-electron chi connectivity index (χ4n) is 14.0. The monoisotopic (exact) mass is 1410 g/mol. The lowest BCUT2D eigenvalue weighted by atomic mass is 10.1. The molecule has 20 rings (SSSR count). The zero-order valence-corrected chi connectivity index (χ0v) is 58.3. The highest BCUT2D eigenvalue weighted by Gasteiger charge is 2.21. The summed E-state index contributed by atoms with van der Waals surface area (Å²) in [4.78, 5) is 32.5. The number of H-pyrrole nitrogens is 1. The quantitative estimate of drug-likeness (QED) is 0.138. The molecule has 6 aromatic heterocycles. The highest BCUT2D eigenvalue weighted by atomic mass is 79.9. The second-order valence-electron chi connectivity index (χ2n) is 25.7. The molecule has 0 bridgehead atoms. The highest BCUT2D eigenvalue weighted by molar-refractivity contribution is 9.10. The molecular weight excluding hydrogens is 1350 g/mol. The largest absolute Gasteiger partial charge is 0.353 e. The minimum absolute atomic E-state index is 0.636. The number of hydrogen-bond donors (Lipinski definition) is 1. The van der Waals surface area contributed by atoms with Crippen molar-refractivity contribution in [3.05, 3.63) is 381 Å². The van der Waals surface area contributed by atoms with Crippen LogP contribution in [-0.2, 0) is 0 Å². The van der Waals surface area contributed by atoms with Gasteiger partial charge in [0.15, 0.2) is 34.9 Å². The van der Waals surface area contributed by atoms with Gasteiger partial charge in [0.1, 0.15) is 0 Å². The number of aromatic amines is 1. The molecule has 0 radical (unpaired) electrons. The summed E-state index contributed by atoms with van der Waals surface area (Å²) in [5, 5.41) is 7.40. The molecule has 105 heavy (non-hydrogen) atoms. The number of nitrogens with zero attached hydrogens (tertiary/aromatic N) is 9.